The fraction of sp³-hybridized carbons (Fsp3) is 0.684. The Morgan fingerprint density at radius 2 is 1.11 bits per heavy atom. The molecule has 0 aliphatic rings. The quantitative estimate of drug-likeness (QED) is 0.241. The van der Waals surface area contributed by atoms with Gasteiger partial charge in [0.25, 0.3) is 0 Å². The minimum Gasteiger partial charge on any atom is -0.493 e. The number of rotatable bonds is 12. The molecule has 210 valence electrons. The molecular weight excluding hydrogens is 545 g/mol. The van der Waals surface area contributed by atoms with Crippen molar-refractivity contribution in [3.63, 3.8) is 0 Å². The topological polar surface area (TPSA) is 18.5 Å². The lowest BCUT2D eigenvalue weighted by molar-refractivity contribution is -0.453. The molecule has 36 heavy (non-hydrogen) atoms. The summed E-state index contributed by atoms with van der Waals surface area (Å²) in [6, 6.07) is 4.37. The summed E-state index contributed by atoms with van der Waals surface area (Å²) in [6.07, 6.45) is -12.3. The maximum absolute atomic E-state index is 14.3. The van der Waals surface area contributed by atoms with E-state index in [1.54, 1.807) is 6.92 Å². The number of ether oxygens (including phenoxy) is 2. The Morgan fingerprint density at radius 1 is 0.667 bits per heavy atom. The molecule has 1 aromatic carbocycles. The molecule has 0 fully saturated rings. The lowest BCUT2D eigenvalue weighted by Gasteiger charge is -2.42. The van der Waals surface area contributed by atoms with Crippen molar-refractivity contribution in [2.24, 2.45) is 0 Å². The second-order valence-electron chi connectivity index (χ2n) is 7.39. The van der Waals surface area contributed by atoms with Gasteiger partial charge in [0.15, 0.2) is 0 Å². The predicted octanol–water partition coefficient (Wildman–Crippen LogP) is 7.93. The van der Waals surface area contributed by atoms with Crippen LogP contribution in [-0.4, -0.2) is 55.4 Å². The van der Waals surface area contributed by atoms with Gasteiger partial charge in [-0.3, -0.25) is 0 Å². The fourth-order valence-corrected chi connectivity index (χ4v) is 2.77. The molecule has 1 rings (SSSR count). The van der Waals surface area contributed by atoms with E-state index in [1.807, 2.05) is 0 Å². The van der Waals surface area contributed by atoms with E-state index in [0.717, 1.165) is 18.2 Å². The van der Waals surface area contributed by atoms with Crippen LogP contribution in [0.15, 0.2) is 24.3 Å². The van der Waals surface area contributed by atoms with Gasteiger partial charge in [0.05, 0.1) is 12.7 Å². The van der Waals surface area contributed by atoms with Gasteiger partial charge < -0.3 is 9.47 Å². The standard InChI is InChI=1S/C19H17F15O2/c1-3-8-36-11-7-5-4-6-10(11)12(35-2)9-13(20,21)14(22,23)15(24,25)16(26,27)17(28,29)18(30,31)19(32,33)34/h4-7,12H,3,8-9H2,1-2H3. The number of benzene rings is 1. The summed E-state index contributed by atoms with van der Waals surface area (Å²) in [6.45, 7) is 1.51. The fourth-order valence-electron chi connectivity index (χ4n) is 2.77. The van der Waals surface area contributed by atoms with E-state index < -0.39 is 59.8 Å². The first kappa shape index (κ1) is 32.0. The summed E-state index contributed by atoms with van der Waals surface area (Å²) in [7, 11) is 0.584. The molecular formula is C19H17F15O2. The van der Waals surface area contributed by atoms with Crippen LogP contribution in [0.2, 0.25) is 0 Å². The van der Waals surface area contributed by atoms with E-state index in [-0.39, 0.29) is 12.4 Å². The molecule has 2 nitrogen and oxygen atoms in total. The van der Waals surface area contributed by atoms with Crippen LogP contribution in [0.5, 0.6) is 5.75 Å². The molecule has 0 amide bonds. The number of para-hydroxylation sites is 1. The van der Waals surface area contributed by atoms with Crippen LogP contribution in [0.3, 0.4) is 0 Å². The van der Waals surface area contributed by atoms with Gasteiger partial charge in [-0.15, -0.1) is 0 Å². The molecule has 0 heterocycles. The Hall–Kier alpha value is -2.07. The van der Waals surface area contributed by atoms with Crippen molar-refractivity contribution in [2.45, 2.75) is 67.6 Å². The van der Waals surface area contributed by atoms with Gasteiger partial charge in [-0.2, -0.15) is 65.9 Å². The highest BCUT2D eigenvalue weighted by Crippen LogP contribution is 2.63. The lowest BCUT2D eigenvalue weighted by atomic mass is 9.88. The van der Waals surface area contributed by atoms with Crippen molar-refractivity contribution >= 4 is 0 Å². The number of halogens is 15. The van der Waals surface area contributed by atoms with E-state index in [0.29, 0.717) is 13.5 Å². The average molecular weight is 562 g/mol. The van der Waals surface area contributed by atoms with Gasteiger partial charge in [0.2, 0.25) is 0 Å². The van der Waals surface area contributed by atoms with Crippen LogP contribution >= 0.6 is 0 Å². The highest BCUT2D eigenvalue weighted by molar-refractivity contribution is 5.35. The summed E-state index contributed by atoms with van der Waals surface area (Å²) in [5.74, 6) is -47.1. The van der Waals surface area contributed by atoms with E-state index in [2.05, 4.69) is 4.74 Å². The summed E-state index contributed by atoms with van der Waals surface area (Å²) in [5.41, 5.74) is -0.507. The molecule has 0 saturated heterocycles. The lowest BCUT2D eigenvalue weighted by Crippen LogP contribution is -2.72. The molecule has 1 aromatic rings. The van der Waals surface area contributed by atoms with E-state index in [4.69, 9.17) is 4.74 Å². The van der Waals surface area contributed by atoms with Gasteiger partial charge in [-0.25, -0.2) is 0 Å². The van der Waals surface area contributed by atoms with Crippen LogP contribution in [-0.2, 0) is 4.74 Å². The third-order valence-corrected chi connectivity index (χ3v) is 4.85. The molecule has 0 saturated carbocycles. The second kappa shape index (κ2) is 10.0. The zero-order valence-electron chi connectivity index (χ0n) is 18.0. The maximum Gasteiger partial charge on any atom is 0.460 e. The van der Waals surface area contributed by atoms with Crippen molar-refractivity contribution in [1.29, 1.82) is 0 Å². The molecule has 0 radical (unpaired) electrons. The zero-order valence-corrected chi connectivity index (χ0v) is 18.0. The van der Waals surface area contributed by atoms with E-state index in [9.17, 15) is 65.9 Å². The Kier molecular flexibility index (Phi) is 8.88. The second-order valence-corrected chi connectivity index (χ2v) is 7.39. The molecule has 0 bridgehead atoms. The number of methoxy groups -OCH3 is 1. The number of hydrogen-bond acceptors (Lipinski definition) is 2. The van der Waals surface area contributed by atoms with Crippen molar-refractivity contribution in [3.8, 4) is 5.75 Å². The molecule has 1 unspecified atom stereocenters. The molecule has 1 atom stereocenters. The van der Waals surface area contributed by atoms with Crippen LogP contribution in [0, 0.1) is 0 Å². The van der Waals surface area contributed by atoms with Crippen molar-refractivity contribution in [1.82, 2.24) is 0 Å². The summed E-state index contributed by atoms with van der Waals surface area (Å²) >= 11 is 0. The smallest absolute Gasteiger partial charge is 0.460 e. The Bertz CT molecular complexity index is 880. The van der Waals surface area contributed by atoms with Crippen molar-refractivity contribution in [2.75, 3.05) is 13.7 Å². The van der Waals surface area contributed by atoms with Gasteiger partial charge in [0.1, 0.15) is 5.75 Å². The third kappa shape index (κ3) is 5.03. The largest absolute Gasteiger partial charge is 0.493 e. The first-order valence-corrected chi connectivity index (χ1v) is 9.56. The first-order valence-electron chi connectivity index (χ1n) is 9.56. The Labute approximate surface area is 193 Å². The van der Waals surface area contributed by atoms with Gasteiger partial charge in [0, 0.05) is 19.1 Å². The Morgan fingerprint density at radius 3 is 1.56 bits per heavy atom. The Balaban J connectivity index is 3.51. The molecule has 17 heteroatoms. The predicted molar refractivity (Wildman–Crippen MR) is 92.3 cm³/mol. The third-order valence-electron chi connectivity index (χ3n) is 4.85. The number of alkyl halides is 15. The molecule has 0 aromatic heterocycles. The summed E-state index contributed by atoms with van der Waals surface area (Å²) in [4.78, 5) is 0. The molecule has 0 spiro atoms. The van der Waals surface area contributed by atoms with E-state index in [1.165, 1.54) is 6.07 Å². The molecule has 0 aliphatic carbocycles. The van der Waals surface area contributed by atoms with Crippen LogP contribution < -0.4 is 4.74 Å². The SMILES string of the molecule is CCCOc1ccccc1C(CC(F)(F)C(F)(F)C(F)(F)C(F)(F)C(F)(F)C(F)(F)C(F)(F)F)OC. The summed E-state index contributed by atoms with van der Waals surface area (Å²) in [5, 5.41) is 0. The minimum atomic E-state index is -8.32. The summed E-state index contributed by atoms with van der Waals surface area (Å²) < 4.78 is 210. The van der Waals surface area contributed by atoms with Crippen molar-refractivity contribution in [3.05, 3.63) is 29.8 Å². The highest BCUT2D eigenvalue weighted by atomic mass is 19.4. The molecule has 0 aliphatic heterocycles. The normalized spacial score (nSPS) is 15.7. The van der Waals surface area contributed by atoms with Crippen LogP contribution in [0.1, 0.15) is 31.4 Å². The van der Waals surface area contributed by atoms with Gasteiger partial charge in [-0.1, -0.05) is 25.1 Å². The maximum atomic E-state index is 14.3. The molecule has 0 N–H and O–H groups in total. The minimum absolute atomic E-state index is 0.0766. The zero-order chi connectivity index (χ0) is 28.6. The van der Waals surface area contributed by atoms with Crippen LogP contribution in [0.25, 0.3) is 0 Å². The van der Waals surface area contributed by atoms with E-state index >= 15 is 0 Å². The average Bonchev–Trinajstić information content (AvgIpc) is 2.74. The monoisotopic (exact) mass is 562 g/mol. The number of hydrogen-bond donors (Lipinski definition) is 0. The van der Waals surface area contributed by atoms with Gasteiger partial charge in [-0.05, 0) is 12.5 Å². The van der Waals surface area contributed by atoms with Crippen LogP contribution in [0.4, 0.5) is 65.9 Å². The first-order chi connectivity index (χ1) is 16.0. The van der Waals surface area contributed by atoms with Gasteiger partial charge >= 0.3 is 41.7 Å². The van der Waals surface area contributed by atoms with Crippen molar-refractivity contribution < 1.29 is 75.3 Å². The highest BCUT2D eigenvalue weighted by Gasteiger charge is 2.93.